The number of nitrogens with zero attached hydrogens (tertiary/aromatic N) is 3. The highest BCUT2D eigenvalue weighted by atomic mass is 16.6. The van der Waals surface area contributed by atoms with Gasteiger partial charge in [-0.05, 0) is 4.92 Å². The molecule has 74 valence electrons. The Morgan fingerprint density at radius 2 is 2.38 bits per heavy atom. The van der Waals surface area contributed by atoms with Crippen LogP contribution < -0.4 is 0 Å². The Balaban J connectivity index is 0.00000144. The Bertz CT molecular complexity index is 295. The summed E-state index contributed by atoms with van der Waals surface area (Å²) < 4.78 is 1.36. The summed E-state index contributed by atoms with van der Waals surface area (Å²) in [5.41, 5.74) is 0. The van der Waals surface area contributed by atoms with Crippen LogP contribution in [-0.4, -0.2) is 26.2 Å². The van der Waals surface area contributed by atoms with Crippen molar-refractivity contribution in [2.45, 2.75) is 20.9 Å². The van der Waals surface area contributed by atoms with Crippen molar-refractivity contribution in [1.29, 1.82) is 0 Å². The second-order valence-corrected chi connectivity index (χ2v) is 2.30. The van der Waals surface area contributed by atoms with Crippen molar-refractivity contribution < 1.29 is 10.0 Å². The van der Waals surface area contributed by atoms with Crippen molar-refractivity contribution in [1.82, 2.24) is 9.55 Å². The molecule has 0 unspecified atom stereocenters. The van der Waals surface area contributed by atoms with Gasteiger partial charge in [0.15, 0.2) is 5.82 Å². The number of hydrogen-bond donors (Lipinski definition) is 1. The van der Waals surface area contributed by atoms with Gasteiger partial charge in [0.05, 0.1) is 6.61 Å². The first-order valence-electron chi connectivity index (χ1n) is 3.44. The van der Waals surface area contributed by atoms with Gasteiger partial charge in [-0.2, -0.15) is 0 Å². The summed E-state index contributed by atoms with van der Waals surface area (Å²) in [5.74, 6) is 0.456. The van der Waals surface area contributed by atoms with Gasteiger partial charge in [-0.15, -0.1) is 0 Å². The van der Waals surface area contributed by atoms with Crippen molar-refractivity contribution in [3.63, 3.8) is 0 Å². The van der Waals surface area contributed by atoms with E-state index in [1.54, 1.807) is 6.92 Å². The van der Waals surface area contributed by atoms with Gasteiger partial charge in [0, 0.05) is 6.92 Å². The SMILES string of the molecule is C.Cc1ncc([N+](=O)[O-])n1CCO. The smallest absolute Gasteiger partial charge is 0.342 e. The van der Waals surface area contributed by atoms with Crippen LogP contribution in [0.3, 0.4) is 0 Å². The number of imidazole rings is 1. The molecule has 0 fully saturated rings. The molecule has 0 amide bonds. The first kappa shape index (κ1) is 11.6. The van der Waals surface area contributed by atoms with Crippen LogP contribution in [0.25, 0.3) is 0 Å². The lowest BCUT2D eigenvalue weighted by Gasteiger charge is -1.98. The molecule has 1 rings (SSSR count). The number of aliphatic hydroxyl groups excluding tert-OH is 1. The van der Waals surface area contributed by atoms with Crippen LogP contribution in [0, 0.1) is 17.0 Å². The minimum absolute atomic E-state index is 0. The summed E-state index contributed by atoms with van der Waals surface area (Å²) in [6, 6.07) is 0. The van der Waals surface area contributed by atoms with E-state index in [2.05, 4.69) is 4.98 Å². The fourth-order valence-electron chi connectivity index (χ4n) is 0.978. The van der Waals surface area contributed by atoms with E-state index in [-0.39, 0.29) is 26.4 Å². The lowest BCUT2D eigenvalue weighted by atomic mass is 10.6. The molecular weight excluding hydrogens is 174 g/mol. The lowest BCUT2D eigenvalue weighted by molar-refractivity contribution is -0.392. The maximum atomic E-state index is 10.4. The van der Waals surface area contributed by atoms with E-state index in [0.29, 0.717) is 5.82 Å². The summed E-state index contributed by atoms with van der Waals surface area (Å²) in [5, 5.41) is 19.0. The van der Waals surface area contributed by atoms with Crippen LogP contribution in [0.5, 0.6) is 0 Å². The molecule has 6 heteroatoms. The van der Waals surface area contributed by atoms with Crippen LogP contribution >= 0.6 is 0 Å². The highest BCUT2D eigenvalue weighted by Gasteiger charge is 2.15. The number of aliphatic hydroxyl groups is 1. The molecule has 0 aliphatic rings. The zero-order valence-electron chi connectivity index (χ0n) is 6.60. The normalized spacial score (nSPS) is 9.38. The van der Waals surface area contributed by atoms with E-state index < -0.39 is 4.92 Å². The number of aromatic nitrogens is 2. The molecule has 0 spiro atoms. The Morgan fingerprint density at radius 1 is 1.77 bits per heavy atom. The van der Waals surface area contributed by atoms with Gasteiger partial charge in [-0.25, -0.2) is 9.55 Å². The lowest BCUT2D eigenvalue weighted by Crippen LogP contribution is -2.07. The predicted octanol–water partition coefficient (Wildman–Crippen LogP) is 0.728. The standard InChI is InChI=1S/C6H9N3O3.CH4/c1-5-7-4-6(9(11)12)8(5)2-3-10;/h4,10H,2-3H2,1H3;1H4. The molecule has 1 aromatic heterocycles. The fourth-order valence-corrected chi connectivity index (χ4v) is 0.978. The third-order valence-corrected chi connectivity index (χ3v) is 1.54. The molecule has 0 atom stereocenters. The average molecular weight is 187 g/mol. The highest BCUT2D eigenvalue weighted by Crippen LogP contribution is 2.12. The van der Waals surface area contributed by atoms with Crippen LogP contribution in [0.1, 0.15) is 13.3 Å². The summed E-state index contributed by atoms with van der Waals surface area (Å²) >= 11 is 0. The Hall–Kier alpha value is -1.43. The van der Waals surface area contributed by atoms with Gasteiger partial charge in [0.2, 0.25) is 0 Å². The zero-order chi connectivity index (χ0) is 9.14. The maximum absolute atomic E-state index is 10.4. The summed E-state index contributed by atoms with van der Waals surface area (Å²) in [6.45, 7) is 1.74. The number of aryl methyl sites for hydroxylation is 1. The molecule has 1 heterocycles. The van der Waals surface area contributed by atoms with Crippen LogP contribution in [0.4, 0.5) is 5.82 Å². The minimum Gasteiger partial charge on any atom is -0.392 e. The maximum Gasteiger partial charge on any atom is 0.342 e. The van der Waals surface area contributed by atoms with Gasteiger partial charge in [-0.1, -0.05) is 7.43 Å². The fraction of sp³-hybridized carbons (Fsp3) is 0.571. The Labute approximate surface area is 76.0 Å². The largest absolute Gasteiger partial charge is 0.392 e. The molecule has 0 saturated heterocycles. The molecule has 0 bridgehead atoms. The first-order chi connectivity index (χ1) is 5.66. The van der Waals surface area contributed by atoms with Crippen molar-refractivity contribution in [3.8, 4) is 0 Å². The predicted molar refractivity (Wildman–Crippen MR) is 47.4 cm³/mol. The molecular formula is C7H13N3O3. The van der Waals surface area contributed by atoms with Gasteiger partial charge in [-0.3, -0.25) is 0 Å². The summed E-state index contributed by atoms with van der Waals surface area (Å²) in [7, 11) is 0. The van der Waals surface area contributed by atoms with Crippen LogP contribution in [0.15, 0.2) is 6.20 Å². The molecule has 6 nitrogen and oxygen atoms in total. The first-order valence-corrected chi connectivity index (χ1v) is 3.44. The molecule has 0 radical (unpaired) electrons. The monoisotopic (exact) mass is 187 g/mol. The van der Waals surface area contributed by atoms with E-state index in [1.807, 2.05) is 0 Å². The average Bonchev–Trinajstić information content (AvgIpc) is 2.34. The summed E-state index contributed by atoms with van der Waals surface area (Å²) in [6.07, 6.45) is 1.19. The molecule has 13 heavy (non-hydrogen) atoms. The van der Waals surface area contributed by atoms with Crippen molar-refractivity contribution in [2.75, 3.05) is 6.61 Å². The Morgan fingerprint density at radius 3 is 2.85 bits per heavy atom. The van der Waals surface area contributed by atoms with Gasteiger partial charge >= 0.3 is 5.82 Å². The third-order valence-electron chi connectivity index (χ3n) is 1.54. The van der Waals surface area contributed by atoms with E-state index in [4.69, 9.17) is 5.11 Å². The molecule has 1 N–H and O–H groups in total. The third kappa shape index (κ3) is 2.25. The number of nitro groups is 1. The molecule has 0 aromatic carbocycles. The summed E-state index contributed by atoms with van der Waals surface area (Å²) in [4.78, 5) is 13.6. The van der Waals surface area contributed by atoms with E-state index in [0.717, 1.165) is 0 Å². The highest BCUT2D eigenvalue weighted by molar-refractivity contribution is 5.18. The van der Waals surface area contributed by atoms with Crippen molar-refractivity contribution in [3.05, 3.63) is 22.1 Å². The minimum atomic E-state index is -0.518. The molecule has 0 aliphatic heterocycles. The quantitative estimate of drug-likeness (QED) is 0.558. The van der Waals surface area contributed by atoms with Crippen molar-refractivity contribution in [2.24, 2.45) is 0 Å². The van der Waals surface area contributed by atoms with E-state index in [1.165, 1.54) is 10.8 Å². The molecule has 1 aromatic rings. The number of hydrogen-bond acceptors (Lipinski definition) is 4. The molecule has 0 saturated carbocycles. The topological polar surface area (TPSA) is 81.2 Å². The second-order valence-electron chi connectivity index (χ2n) is 2.30. The second kappa shape index (κ2) is 4.56. The van der Waals surface area contributed by atoms with Gasteiger partial charge < -0.3 is 15.2 Å². The van der Waals surface area contributed by atoms with E-state index in [9.17, 15) is 10.1 Å². The van der Waals surface area contributed by atoms with Crippen molar-refractivity contribution >= 4 is 5.82 Å². The van der Waals surface area contributed by atoms with Gasteiger partial charge in [0.1, 0.15) is 12.7 Å². The molecule has 0 aliphatic carbocycles. The number of rotatable bonds is 3. The van der Waals surface area contributed by atoms with E-state index >= 15 is 0 Å². The Kier molecular flexibility index (Phi) is 4.06. The zero-order valence-corrected chi connectivity index (χ0v) is 6.60. The van der Waals surface area contributed by atoms with Crippen LogP contribution in [0.2, 0.25) is 0 Å². The van der Waals surface area contributed by atoms with Gasteiger partial charge in [0.25, 0.3) is 0 Å². The van der Waals surface area contributed by atoms with Crippen LogP contribution in [-0.2, 0) is 6.54 Å².